The maximum atomic E-state index is 2.53. The second-order valence-electron chi connectivity index (χ2n) is 13.5. The van der Waals surface area contributed by atoms with Crippen molar-refractivity contribution in [1.29, 1.82) is 0 Å². The van der Waals surface area contributed by atoms with E-state index in [1.54, 1.807) is 0 Å². The monoisotopic (exact) mass is 582 g/mol. The summed E-state index contributed by atoms with van der Waals surface area (Å²) in [4.78, 5) is 0. The summed E-state index contributed by atoms with van der Waals surface area (Å²) in [7, 11) is 0. The fourth-order valence-corrected chi connectivity index (χ4v) is 9.06. The number of aryl methyl sites for hydroxylation is 1. The van der Waals surface area contributed by atoms with Crippen LogP contribution in [0.5, 0.6) is 0 Å². The zero-order valence-corrected chi connectivity index (χ0v) is 27.3. The van der Waals surface area contributed by atoms with Gasteiger partial charge in [0.05, 0.1) is 0 Å². The van der Waals surface area contributed by atoms with Crippen molar-refractivity contribution in [1.82, 2.24) is 0 Å². The van der Waals surface area contributed by atoms with Gasteiger partial charge in [-0.05, 0) is 134 Å². The molecule has 0 radical (unpaired) electrons. The molecule has 222 valence electrons. The Morgan fingerprint density at radius 2 is 0.778 bits per heavy atom. The zero-order chi connectivity index (χ0) is 30.9. The van der Waals surface area contributed by atoms with Gasteiger partial charge in [-0.3, -0.25) is 0 Å². The molecule has 0 N–H and O–H groups in total. The number of rotatable bonds is 6. The van der Waals surface area contributed by atoms with Gasteiger partial charge < -0.3 is 0 Å². The third-order valence-electron chi connectivity index (χ3n) is 11.7. The lowest BCUT2D eigenvalue weighted by Crippen LogP contribution is -2.23. The molecule has 0 fully saturated rings. The number of fused-ring (bicyclic) bond motifs is 7. The first-order valence-electron chi connectivity index (χ1n) is 17.0. The molecule has 8 rings (SSSR count). The molecule has 0 atom stereocenters. The molecule has 0 saturated heterocycles. The fraction of sp³-hybridized carbons (Fsp3) is 0.244. The Bertz CT molecular complexity index is 2120. The average Bonchev–Trinajstić information content (AvgIpc) is 3.54. The highest BCUT2D eigenvalue weighted by molar-refractivity contribution is 5.91. The van der Waals surface area contributed by atoms with Crippen LogP contribution in [0.2, 0.25) is 0 Å². The largest absolute Gasteiger partial charge is 0.0642 e. The first-order chi connectivity index (χ1) is 22.0. The Labute approximate surface area is 268 Å². The van der Waals surface area contributed by atoms with Gasteiger partial charge in [-0.2, -0.15) is 0 Å². The Balaban J connectivity index is 1.23. The highest BCUT2D eigenvalue weighted by Gasteiger charge is 2.42. The van der Waals surface area contributed by atoms with Gasteiger partial charge in [-0.1, -0.05) is 124 Å². The minimum atomic E-state index is 0.00814. The minimum Gasteiger partial charge on any atom is -0.0642 e. The Morgan fingerprint density at radius 3 is 1.31 bits per heavy atom. The molecule has 0 nitrogen and oxygen atoms in total. The molecule has 0 heterocycles. The molecule has 0 aromatic heterocycles. The van der Waals surface area contributed by atoms with Crippen molar-refractivity contribution in [3.8, 4) is 44.5 Å². The summed E-state index contributed by atoms with van der Waals surface area (Å²) in [5.41, 5.74) is 18.3. The normalized spacial score (nSPS) is 15.0. The van der Waals surface area contributed by atoms with Gasteiger partial charge in [-0.25, -0.2) is 0 Å². The summed E-state index contributed by atoms with van der Waals surface area (Å²) >= 11 is 0. The van der Waals surface area contributed by atoms with E-state index in [0.29, 0.717) is 0 Å². The van der Waals surface area contributed by atoms with Crippen LogP contribution in [0.4, 0.5) is 0 Å². The summed E-state index contributed by atoms with van der Waals surface area (Å²) in [6.07, 6.45) is 4.40. The van der Waals surface area contributed by atoms with Crippen molar-refractivity contribution in [2.75, 3.05) is 0 Å². The lowest BCUT2D eigenvalue weighted by molar-refractivity contribution is 0.490. The molecule has 0 aliphatic heterocycles. The van der Waals surface area contributed by atoms with E-state index in [4.69, 9.17) is 0 Å². The summed E-state index contributed by atoms with van der Waals surface area (Å²) in [5, 5.41) is 2.61. The molecular formula is C45H42. The average molecular weight is 583 g/mol. The molecule has 0 amide bonds. The van der Waals surface area contributed by atoms with Crippen LogP contribution in [-0.2, 0) is 10.8 Å². The van der Waals surface area contributed by atoms with Gasteiger partial charge >= 0.3 is 0 Å². The van der Waals surface area contributed by atoms with E-state index < -0.39 is 0 Å². The molecule has 6 aromatic rings. The number of benzene rings is 6. The van der Waals surface area contributed by atoms with E-state index in [1.165, 1.54) is 83.1 Å². The van der Waals surface area contributed by atoms with Crippen molar-refractivity contribution >= 4 is 10.8 Å². The van der Waals surface area contributed by atoms with Gasteiger partial charge in [0.15, 0.2) is 0 Å². The van der Waals surface area contributed by atoms with Crippen molar-refractivity contribution in [3.05, 3.63) is 143 Å². The van der Waals surface area contributed by atoms with Crippen LogP contribution < -0.4 is 0 Å². The molecule has 2 aliphatic carbocycles. The van der Waals surface area contributed by atoms with Crippen LogP contribution >= 0.6 is 0 Å². The van der Waals surface area contributed by atoms with Crippen LogP contribution in [0.1, 0.15) is 81.2 Å². The smallest absolute Gasteiger partial charge is 0.0210 e. The van der Waals surface area contributed by atoms with Gasteiger partial charge in [0.25, 0.3) is 0 Å². The van der Waals surface area contributed by atoms with E-state index in [-0.39, 0.29) is 10.8 Å². The second-order valence-corrected chi connectivity index (χ2v) is 13.5. The first kappa shape index (κ1) is 28.1. The Kier molecular flexibility index (Phi) is 6.44. The molecule has 0 unspecified atom stereocenters. The van der Waals surface area contributed by atoms with Crippen molar-refractivity contribution in [3.63, 3.8) is 0 Å². The fourth-order valence-electron chi connectivity index (χ4n) is 9.06. The van der Waals surface area contributed by atoms with E-state index >= 15 is 0 Å². The molecule has 2 aliphatic rings. The summed E-state index contributed by atoms with van der Waals surface area (Å²) in [5.74, 6) is 0. The molecule has 45 heavy (non-hydrogen) atoms. The second kappa shape index (κ2) is 10.3. The van der Waals surface area contributed by atoms with Crippen LogP contribution in [0, 0.1) is 6.92 Å². The van der Waals surface area contributed by atoms with Crippen molar-refractivity contribution in [2.45, 2.75) is 71.1 Å². The SMILES string of the molecule is CCC1(CC)c2ccccc2-c2ccc(-c3ccc4c(c3)C(CC)(CC)c3cc(-c5ccc6cc(C)ccc6c5)ccc3-4)cc21. The van der Waals surface area contributed by atoms with Crippen LogP contribution in [-0.4, -0.2) is 0 Å². The minimum absolute atomic E-state index is 0.00814. The molecule has 6 aromatic carbocycles. The Hall–Kier alpha value is -4.42. The van der Waals surface area contributed by atoms with Crippen molar-refractivity contribution < 1.29 is 0 Å². The summed E-state index contributed by atoms with van der Waals surface area (Å²) in [6.45, 7) is 11.6. The molecule has 0 saturated carbocycles. The third kappa shape index (κ3) is 3.91. The third-order valence-corrected chi connectivity index (χ3v) is 11.7. The van der Waals surface area contributed by atoms with Gasteiger partial charge in [0.1, 0.15) is 0 Å². The molecular weight excluding hydrogens is 540 g/mol. The van der Waals surface area contributed by atoms with E-state index in [2.05, 4.69) is 150 Å². The van der Waals surface area contributed by atoms with E-state index in [9.17, 15) is 0 Å². The molecule has 0 heteroatoms. The highest BCUT2D eigenvalue weighted by atomic mass is 14.4. The summed E-state index contributed by atoms with van der Waals surface area (Å²) in [6, 6.07) is 44.6. The predicted molar refractivity (Wildman–Crippen MR) is 193 cm³/mol. The van der Waals surface area contributed by atoms with E-state index in [1.807, 2.05) is 0 Å². The van der Waals surface area contributed by atoms with Crippen molar-refractivity contribution in [2.24, 2.45) is 0 Å². The summed E-state index contributed by atoms with van der Waals surface area (Å²) < 4.78 is 0. The predicted octanol–water partition coefficient (Wildman–Crippen LogP) is 12.7. The standard InChI is InChI=1S/C45H42/c1-6-44(7-2)40-13-11-10-12-36(40)37-21-19-34(27-41(37)44)35-20-23-39-38-22-18-33(26-42(38)45(8-3,9-4)43(39)28-35)32-17-16-30-24-29(5)14-15-31(30)25-32/h10-28H,6-9H2,1-5H3. The topological polar surface area (TPSA) is 0 Å². The quantitative estimate of drug-likeness (QED) is 0.183. The van der Waals surface area contributed by atoms with Crippen LogP contribution in [0.25, 0.3) is 55.3 Å². The number of hydrogen-bond donors (Lipinski definition) is 0. The van der Waals surface area contributed by atoms with Crippen LogP contribution in [0.3, 0.4) is 0 Å². The number of hydrogen-bond acceptors (Lipinski definition) is 0. The lowest BCUT2D eigenvalue weighted by Gasteiger charge is -2.31. The van der Waals surface area contributed by atoms with Crippen LogP contribution in [0.15, 0.2) is 115 Å². The lowest BCUT2D eigenvalue weighted by atomic mass is 9.72. The highest BCUT2D eigenvalue weighted by Crippen LogP contribution is 2.56. The molecule has 0 bridgehead atoms. The van der Waals surface area contributed by atoms with Gasteiger partial charge in [0, 0.05) is 10.8 Å². The maximum Gasteiger partial charge on any atom is 0.0210 e. The Morgan fingerprint density at radius 1 is 0.378 bits per heavy atom. The van der Waals surface area contributed by atoms with E-state index in [0.717, 1.165) is 25.7 Å². The van der Waals surface area contributed by atoms with Gasteiger partial charge in [0.2, 0.25) is 0 Å². The first-order valence-corrected chi connectivity index (χ1v) is 17.0. The van der Waals surface area contributed by atoms with Gasteiger partial charge in [-0.15, -0.1) is 0 Å². The maximum absolute atomic E-state index is 2.53. The molecule has 0 spiro atoms. The zero-order valence-electron chi connectivity index (χ0n) is 27.3.